The minimum Gasteiger partial charge on any atom is -0.490 e. The van der Waals surface area contributed by atoms with Crippen LogP contribution in [0.4, 0.5) is 19.3 Å². The Hall–Kier alpha value is -3.40. The molecule has 0 spiro atoms. The molecule has 0 aromatic heterocycles. The largest absolute Gasteiger partial charge is 0.490 e. The zero-order valence-corrected chi connectivity index (χ0v) is 18.8. The van der Waals surface area contributed by atoms with Gasteiger partial charge in [-0.3, -0.25) is 19.3 Å². The maximum atomic E-state index is 13.7. The predicted molar refractivity (Wildman–Crippen MR) is 121 cm³/mol. The molecule has 1 saturated heterocycles. The topological polar surface area (TPSA) is 84.9 Å². The minimum absolute atomic E-state index is 0.130. The standard InChI is InChI=1S/C23H22F2N2O5S/c1-3-9-32-18-8-5-14(10-19(18)31-4-2)11-20-22(29)27(23(30)33-20)13-21(28)26-17-7-6-15(24)12-16(17)25/h5-8,10-12H,3-4,9,13H2,1-2H3,(H,26,28)/b20-11-. The zero-order chi connectivity index (χ0) is 24.0. The van der Waals surface area contributed by atoms with E-state index < -0.39 is 35.2 Å². The van der Waals surface area contributed by atoms with Crippen molar-refractivity contribution in [2.24, 2.45) is 0 Å². The van der Waals surface area contributed by atoms with Crippen molar-refractivity contribution in [2.45, 2.75) is 20.3 Å². The molecule has 1 fully saturated rings. The number of nitrogens with zero attached hydrogens (tertiary/aromatic N) is 1. The molecular formula is C23H22F2N2O5S. The second kappa shape index (κ2) is 11.0. The van der Waals surface area contributed by atoms with Gasteiger partial charge in [-0.1, -0.05) is 13.0 Å². The second-order valence-corrected chi connectivity index (χ2v) is 7.92. The first-order valence-electron chi connectivity index (χ1n) is 10.2. The summed E-state index contributed by atoms with van der Waals surface area (Å²) in [6.07, 6.45) is 2.36. The Morgan fingerprint density at radius 1 is 1.09 bits per heavy atom. The molecule has 2 aromatic carbocycles. The van der Waals surface area contributed by atoms with E-state index in [4.69, 9.17) is 9.47 Å². The maximum Gasteiger partial charge on any atom is 0.294 e. The van der Waals surface area contributed by atoms with Gasteiger partial charge in [-0.2, -0.15) is 0 Å². The number of thioether (sulfide) groups is 1. The molecule has 1 aliphatic rings. The van der Waals surface area contributed by atoms with Crippen molar-refractivity contribution in [3.05, 3.63) is 58.5 Å². The molecule has 0 unspecified atom stereocenters. The van der Waals surface area contributed by atoms with E-state index in [0.717, 1.165) is 23.5 Å². The normalized spacial score (nSPS) is 14.7. The number of anilines is 1. The van der Waals surface area contributed by atoms with E-state index in [1.54, 1.807) is 18.2 Å². The van der Waals surface area contributed by atoms with Crippen LogP contribution >= 0.6 is 11.8 Å². The van der Waals surface area contributed by atoms with Gasteiger partial charge in [0.25, 0.3) is 11.1 Å². The fraction of sp³-hybridized carbons (Fsp3) is 0.261. The number of hydrogen-bond donors (Lipinski definition) is 1. The first-order chi connectivity index (χ1) is 15.8. The van der Waals surface area contributed by atoms with Crippen LogP contribution in [0.2, 0.25) is 0 Å². The number of carbonyl (C=O) groups is 3. The van der Waals surface area contributed by atoms with E-state index in [1.165, 1.54) is 6.08 Å². The Bertz CT molecular complexity index is 1110. The summed E-state index contributed by atoms with van der Waals surface area (Å²) >= 11 is 0.690. The third kappa shape index (κ3) is 6.10. The number of nitrogens with one attached hydrogen (secondary N) is 1. The summed E-state index contributed by atoms with van der Waals surface area (Å²) in [5, 5.41) is 1.60. The molecule has 0 bridgehead atoms. The minimum atomic E-state index is -0.964. The molecule has 174 valence electrons. The van der Waals surface area contributed by atoms with Crippen molar-refractivity contribution in [3.63, 3.8) is 0 Å². The first kappa shape index (κ1) is 24.2. The summed E-state index contributed by atoms with van der Waals surface area (Å²) < 4.78 is 38.0. The van der Waals surface area contributed by atoms with Gasteiger partial charge in [-0.15, -0.1) is 0 Å². The molecule has 1 N–H and O–H groups in total. The van der Waals surface area contributed by atoms with Crippen molar-refractivity contribution in [3.8, 4) is 11.5 Å². The molecule has 33 heavy (non-hydrogen) atoms. The van der Waals surface area contributed by atoms with Crippen molar-refractivity contribution >= 4 is 40.6 Å². The molecule has 3 rings (SSSR count). The van der Waals surface area contributed by atoms with E-state index in [0.29, 0.717) is 48.1 Å². The molecule has 3 amide bonds. The molecule has 1 aliphatic heterocycles. The number of rotatable bonds is 9. The smallest absolute Gasteiger partial charge is 0.294 e. The lowest BCUT2D eigenvalue weighted by Crippen LogP contribution is -2.36. The SMILES string of the molecule is CCCOc1ccc(/C=C2\SC(=O)N(CC(=O)Nc3ccc(F)cc3F)C2=O)cc1OCC. The number of halogens is 2. The van der Waals surface area contributed by atoms with Gasteiger partial charge in [0.05, 0.1) is 23.8 Å². The van der Waals surface area contributed by atoms with Gasteiger partial charge >= 0.3 is 0 Å². The number of imide groups is 1. The van der Waals surface area contributed by atoms with Crippen LogP contribution in [0, 0.1) is 11.6 Å². The number of ether oxygens (including phenoxy) is 2. The van der Waals surface area contributed by atoms with E-state index in [1.807, 2.05) is 13.8 Å². The molecule has 1 heterocycles. The zero-order valence-electron chi connectivity index (χ0n) is 18.0. The van der Waals surface area contributed by atoms with Crippen LogP contribution in [0.5, 0.6) is 11.5 Å². The lowest BCUT2D eigenvalue weighted by atomic mass is 10.2. The molecule has 2 aromatic rings. The third-order valence-electron chi connectivity index (χ3n) is 4.41. The van der Waals surface area contributed by atoms with E-state index in [2.05, 4.69) is 5.32 Å². The number of amides is 3. The van der Waals surface area contributed by atoms with Crippen LogP contribution in [-0.4, -0.2) is 41.7 Å². The highest BCUT2D eigenvalue weighted by Crippen LogP contribution is 2.34. The van der Waals surface area contributed by atoms with Crippen LogP contribution in [0.25, 0.3) is 6.08 Å². The fourth-order valence-corrected chi connectivity index (χ4v) is 3.76. The average Bonchev–Trinajstić information content (AvgIpc) is 3.02. The van der Waals surface area contributed by atoms with Crippen LogP contribution in [-0.2, 0) is 9.59 Å². The third-order valence-corrected chi connectivity index (χ3v) is 5.31. The molecule has 10 heteroatoms. The summed E-state index contributed by atoms with van der Waals surface area (Å²) in [7, 11) is 0. The van der Waals surface area contributed by atoms with E-state index >= 15 is 0 Å². The van der Waals surface area contributed by atoms with Crippen molar-refractivity contribution < 1.29 is 32.6 Å². The Morgan fingerprint density at radius 2 is 1.88 bits per heavy atom. The highest BCUT2D eigenvalue weighted by Gasteiger charge is 2.36. The van der Waals surface area contributed by atoms with E-state index in [-0.39, 0.29) is 10.6 Å². The Labute approximate surface area is 193 Å². The maximum absolute atomic E-state index is 13.7. The van der Waals surface area contributed by atoms with Crippen molar-refractivity contribution in [2.75, 3.05) is 25.1 Å². The molecule has 0 atom stereocenters. The lowest BCUT2D eigenvalue weighted by molar-refractivity contribution is -0.127. The summed E-state index contributed by atoms with van der Waals surface area (Å²) in [4.78, 5) is 38.1. The molecule has 0 saturated carbocycles. The fourth-order valence-electron chi connectivity index (χ4n) is 2.93. The molecule has 0 aliphatic carbocycles. The Kier molecular flexibility index (Phi) is 8.05. The number of benzene rings is 2. The Balaban J connectivity index is 1.72. The van der Waals surface area contributed by atoms with Gasteiger partial charge < -0.3 is 14.8 Å². The second-order valence-electron chi connectivity index (χ2n) is 6.93. The quantitative estimate of drug-likeness (QED) is 0.522. The van der Waals surface area contributed by atoms with Crippen LogP contribution in [0.15, 0.2) is 41.3 Å². The first-order valence-corrected chi connectivity index (χ1v) is 11.0. The van der Waals surface area contributed by atoms with E-state index in [9.17, 15) is 23.2 Å². The van der Waals surface area contributed by atoms with Gasteiger partial charge in [0.2, 0.25) is 5.91 Å². The van der Waals surface area contributed by atoms with Gasteiger partial charge in [0, 0.05) is 6.07 Å². The summed E-state index contributed by atoms with van der Waals surface area (Å²) in [5.41, 5.74) is 0.364. The average molecular weight is 477 g/mol. The van der Waals surface area contributed by atoms with Gasteiger partial charge in [-0.05, 0) is 61.0 Å². The summed E-state index contributed by atoms with van der Waals surface area (Å²) in [5.74, 6) is -2.11. The molecule has 0 radical (unpaired) electrons. The van der Waals surface area contributed by atoms with Crippen molar-refractivity contribution in [1.82, 2.24) is 4.90 Å². The Morgan fingerprint density at radius 3 is 2.58 bits per heavy atom. The van der Waals surface area contributed by atoms with Crippen LogP contribution < -0.4 is 14.8 Å². The van der Waals surface area contributed by atoms with Crippen molar-refractivity contribution in [1.29, 1.82) is 0 Å². The number of carbonyl (C=O) groups excluding carboxylic acids is 3. The summed E-state index contributed by atoms with van der Waals surface area (Å²) in [6, 6.07) is 7.81. The van der Waals surface area contributed by atoms with Gasteiger partial charge in [-0.25, -0.2) is 8.78 Å². The van der Waals surface area contributed by atoms with Crippen LogP contribution in [0.1, 0.15) is 25.8 Å². The molecule has 7 nitrogen and oxygen atoms in total. The van der Waals surface area contributed by atoms with Gasteiger partial charge in [0.1, 0.15) is 18.2 Å². The van der Waals surface area contributed by atoms with Gasteiger partial charge in [0.15, 0.2) is 11.5 Å². The lowest BCUT2D eigenvalue weighted by Gasteiger charge is -2.13. The molecular weight excluding hydrogens is 454 g/mol. The monoisotopic (exact) mass is 476 g/mol. The highest BCUT2D eigenvalue weighted by atomic mass is 32.2. The van der Waals surface area contributed by atoms with Crippen LogP contribution in [0.3, 0.4) is 0 Å². The highest BCUT2D eigenvalue weighted by molar-refractivity contribution is 8.18. The summed E-state index contributed by atoms with van der Waals surface area (Å²) in [6.45, 7) is 4.17. The predicted octanol–water partition coefficient (Wildman–Crippen LogP) is 4.83. The number of hydrogen-bond acceptors (Lipinski definition) is 6.